The molecule has 0 saturated carbocycles. The summed E-state index contributed by atoms with van der Waals surface area (Å²) in [5, 5.41) is 12.4. The third-order valence-corrected chi connectivity index (χ3v) is 8.95. The highest BCUT2D eigenvalue weighted by molar-refractivity contribution is 5.95. The molecule has 3 heterocycles. The summed E-state index contributed by atoms with van der Waals surface area (Å²) in [6, 6.07) is 24.4. The van der Waals surface area contributed by atoms with Crippen LogP contribution >= 0.6 is 0 Å². The van der Waals surface area contributed by atoms with Crippen molar-refractivity contribution in [2.75, 3.05) is 31.8 Å². The van der Waals surface area contributed by atoms with Crippen LogP contribution < -0.4 is 10.2 Å². The van der Waals surface area contributed by atoms with Gasteiger partial charge in [-0.3, -0.25) is 9.59 Å². The van der Waals surface area contributed by atoms with Gasteiger partial charge in [0.25, 0.3) is 5.91 Å². The number of anilines is 1. The molecule has 2 atom stereocenters. The van der Waals surface area contributed by atoms with Crippen LogP contribution in [-0.2, 0) is 37.0 Å². The third kappa shape index (κ3) is 6.29. The van der Waals surface area contributed by atoms with Crippen LogP contribution in [0.1, 0.15) is 52.2 Å². The van der Waals surface area contributed by atoms with Crippen molar-refractivity contribution >= 4 is 23.5 Å². The Morgan fingerprint density at radius 3 is 2.33 bits per heavy atom. The molecule has 10 heteroatoms. The van der Waals surface area contributed by atoms with Gasteiger partial charge in [0.05, 0.1) is 32.6 Å². The van der Waals surface area contributed by atoms with E-state index < -0.39 is 17.8 Å². The zero-order valence-corrected chi connectivity index (χ0v) is 25.2. The summed E-state index contributed by atoms with van der Waals surface area (Å²) in [5.74, 6) is -0.668. The molecule has 6 rings (SSSR count). The number of para-hydroxylation sites is 1. The van der Waals surface area contributed by atoms with E-state index in [1.165, 1.54) is 7.11 Å². The number of benzene rings is 3. The number of aliphatic hydroxyl groups is 1. The molecule has 3 aliphatic rings. The fourth-order valence-electron chi connectivity index (χ4n) is 6.33. The van der Waals surface area contributed by atoms with E-state index in [1.54, 1.807) is 17.0 Å². The van der Waals surface area contributed by atoms with Gasteiger partial charge in [0.15, 0.2) is 5.76 Å². The Kier molecular flexibility index (Phi) is 8.86. The predicted octanol–water partition coefficient (Wildman–Crippen LogP) is 3.85. The fraction of sp³-hybridized carbons (Fsp3) is 0.343. The van der Waals surface area contributed by atoms with E-state index in [9.17, 15) is 19.5 Å². The monoisotopic (exact) mass is 611 g/mol. The number of nitrogens with one attached hydrogen (secondary N) is 1. The summed E-state index contributed by atoms with van der Waals surface area (Å²) < 4.78 is 17.2. The molecule has 3 aromatic rings. The minimum atomic E-state index is -0.707. The molecule has 0 radical (unpaired) electrons. The molecule has 0 aliphatic carbocycles. The number of hydrogen-bond donors (Lipinski definition) is 2. The van der Waals surface area contributed by atoms with Gasteiger partial charge >= 0.3 is 5.97 Å². The van der Waals surface area contributed by atoms with E-state index >= 15 is 0 Å². The fourth-order valence-corrected chi connectivity index (χ4v) is 6.33. The minimum Gasteiger partial charge on any atom is -0.465 e. The molecule has 234 valence electrons. The smallest absolute Gasteiger partial charge is 0.337 e. The van der Waals surface area contributed by atoms with E-state index in [2.05, 4.69) is 10.2 Å². The van der Waals surface area contributed by atoms with Crippen LogP contribution in [0.5, 0.6) is 0 Å². The maximum absolute atomic E-state index is 13.9. The molecule has 0 aromatic heterocycles. The number of rotatable bonds is 8. The van der Waals surface area contributed by atoms with Gasteiger partial charge in [0, 0.05) is 31.1 Å². The molecule has 2 N–H and O–H groups in total. The van der Waals surface area contributed by atoms with Gasteiger partial charge in [-0.25, -0.2) is 4.79 Å². The van der Waals surface area contributed by atoms with E-state index in [1.807, 2.05) is 72.8 Å². The number of likely N-dealkylation sites (tertiary alicyclic amines) is 1. The number of amides is 2. The number of esters is 1. The predicted molar refractivity (Wildman–Crippen MR) is 166 cm³/mol. The van der Waals surface area contributed by atoms with Crippen LogP contribution in [0.2, 0.25) is 0 Å². The Labute approximate surface area is 262 Å². The number of aliphatic hydroxyl groups excluding tert-OH is 1. The first-order chi connectivity index (χ1) is 21.9. The molecule has 10 nitrogen and oxygen atoms in total. The van der Waals surface area contributed by atoms with Crippen molar-refractivity contribution in [3.63, 3.8) is 0 Å². The van der Waals surface area contributed by atoms with Crippen molar-refractivity contribution in [2.24, 2.45) is 0 Å². The molecular formula is C35H37N3O7. The molecule has 1 spiro atoms. The van der Waals surface area contributed by atoms with E-state index in [-0.39, 0.29) is 36.7 Å². The van der Waals surface area contributed by atoms with Crippen LogP contribution in [0.4, 0.5) is 5.69 Å². The maximum Gasteiger partial charge on any atom is 0.337 e. The van der Waals surface area contributed by atoms with Crippen LogP contribution in [-0.4, -0.2) is 66.5 Å². The minimum absolute atomic E-state index is 0.0115. The first kappa shape index (κ1) is 30.4. The summed E-state index contributed by atoms with van der Waals surface area (Å²) in [7, 11) is 1.34. The number of piperidine rings is 1. The van der Waals surface area contributed by atoms with Crippen LogP contribution in [0, 0.1) is 0 Å². The zero-order valence-electron chi connectivity index (χ0n) is 25.2. The average Bonchev–Trinajstić information content (AvgIpc) is 3.41. The highest BCUT2D eigenvalue weighted by Crippen LogP contribution is 2.38. The molecule has 45 heavy (non-hydrogen) atoms. The molecular weight excluding hydrogens is 574 g/mol. The van der Waals surface area contributed by atoms with Gasteiger partial charge in [-0.15, -0.1) is 0 Å². The SMILES string of the molecule is COC(=O)c1ccc([C@H]2C=C(C(=O)N3CCC4(CC3)C(=O)NCN4c3ccccc3)O[C@@H](OCc3ccc(CO)cc3)C2)cc1. The quantitative estimate of drug-likeness (QED) is 0.369. The number of allylic oxidation sites excluding steroid dienone is 1. The normalized spacial score (nSPS) is 20.8. The second kappa shape index (κ2) is 13.1. The zero-order chi connectivity index (χ0) is 31.4. The van der Waals surface area contributed by atoms with Gasteiger partial charge in [-0.1, -0.05) is 54.6 Å². The van der Waals surface area contributed by atoms with Gasteiger partial charge < -0.3 is 34.4 Å². The van der Waals surface area contributed by atoms with Gasteiger partial charge in [0.2, 0.25) is 12.2 Å². The van der Waals surface area contributed by atoms with Crippen LogP contribution in [0.3, 0.4) is 0 Å². The van der Waals surface area contributed by atoms with Crippen LogP contribution in [0.25, 0.3) is 0 Å². The number of hydrogen-bond acceptors (Lipinski definition) is 8. The van der Waals surface area contributed by atoms with Crippen molar-refractivity contribution in [2.45, 2.75) is 50.2 Å². The highest BCUT2D eigenvalue weighted by Gasteiger charge is 2.51. The first-order valence-corrected chi connectivity index (χ1v) is 15.2. The van der Waals surface area contributed by atoms with E-state index in [0.717, 1.165) is 22.4 Å². The summed E-state index contributed by atoms with van der Waals surface area (Å²) in [5.41, 5.74) is 3.34. The molecule has 3 aromatic carbocycles. The number of carbonyl (C=O) groups is 3. The van der Waals surface area contributed by atoms with Crippen molar-refractivity contribution in [3.05, 3.63) is 113 Å². The third-order valence-electron chi connectivity index (χ3n) is 8.95. The summed E-state index contributed by atoms with van der Waals surface area (Å²) in [6.45, 7) is 1.47. The van der Waals surface area contributed by atoms with Crippen molar-refractivity contribution < 1.29 is 33.7 Å². The molecule has 2 fully saturated rings. The number of nitrogens with zero attached hydrogens (tertiary/aromatic N) is 2. The number of ether oxygens (including phenoxy) is 3. The Morgan fingerprint density at radius 2 is 1.67 bits per heavy atom. The maximum atomic E-state index is 13.9. The van der Waals surface area contributed by atoms with Crippen molar-refractivity contribution in [3.8, 4) is 0 Å². The summed E-state index contributed by atoms with van der Waals surface area (Å²) in [6.07, 6.45) is 2.60. The average molecular weight is 612 g/mol. The lowest BCUT2D eigenvalue weighted by Crippen LogP contribution is -2.57. The second-order valence-electron chi connectivity index (χ2n) is 11.6. The standard InChI is InChI=1S/C35H37N3O7/c1-43-33(41)27-13-11-26(12-14-27)28-19-30(45-31(20-28)44-22-25-9-7-24(21-39)8-10-25)32(40)37-17-15-35(16-18-37)34(42)36-23-38(35)29-5-3-2-4-6-29/h2-14,19,28,31,39H,15-18,20-23H2,1H3,(H,36,42)/t28-,31+/m0/s1. The summed E-state index contributed by atoms with van der Waals surface area (Å²) >= 11 is 0. The second-order valence-corrected chi connectivity index (χ2v) is 11.6. The van der Waals surface area contributed by atoms with E-state index in [4.69, 9.17) is 14.2 Å². The van der Waals surface area contributed by atoms with Crippen LogP contribution in [0.15, 0.2) is 90.7 Å². The lowest BCUT2D eigenvalue weighted by molar-refractivity contribution is -0.157. The van der Waals surface area contributed by atoms with Gasteiger partial charge in [-0.2, -0.15) is 0 Å². The molecule has 0 bridgehead atoms. The first-order valence-electron chi connectivity index (χ1n) is 15.2. The van der Waals surface area contributed by atoms with Gasteiger partial charge in [0.1, 0.15) is 5.54 Å². The Morgan fingerprint density at radius 1 is 0.978 bits per heavy atom. The summed E-state index contributed by atoms with van der Waals surface area (Å²) in [4.78, 5) is 42.9. The van der Waals surface area contributed by atoms with Crippen molar-refractivity contribution in [1.82, 2.24) is 10.2 Å². The Balaban J connectivity index is 1.19. The molecule has 2 saturated heterocycles. The molecule has 3 aliphatic heterocycles. The lowest BCUT2D eigenvalue weighted by Gasteiger charge is -2.43. The molecule has 2 amide bonds. The lowest BCUT2D eigenvalue weighted by atomic mass is 9.85. The Bertz CT molecular complexity index is 1550. The molecule has 0 unspecified atom stereocenters. The Hall–Kier alpha value is -4.67. The topological polar surface area (TPSA) is 118 Å². The number of methoxy groups -OCH3 is 1. The van der Waals surface area contributed by atoms with Gasteiger partial charge in [-0.05, 0) is 59.9 Å². The van der Waals surface area contributed by atoms with Crippen molar-refractivity contribution in [1.29, 1.82) is 0 Å². The highest BCUT2D eigenvalue weighted by atomic mass is 16.7. The number of carbonyl (C=O) groups excluding carboxylic acids is 3. The van der Waals surface area contributed by atoms with E-state index in [0.29, 0.717) is 44.6 Å². The largest absolute Gasteiger partial charge is 0.465 e.